The number of aliphatic carboxylic acids is 1. The van der Waals surface area contributed by atoms with Gasteiger partial charge >= 0.3 is 11.9 Å². The van der Waals surface area contributed by atoms with E-state index in [4.69, 9.17) is 37.8 Å². The number of hydrogen-bond acceptors (Lipinski definition) is 4. The number of benzene rings is 1. The fraction of sp³-hybridized carbons (Fsp3) is 0.455. The summed E-state index contributed by atoms with van der Waals surface area (Å²) >= 11 is 13.2. The number of ether oxygens (including phenoxy) is 2. The molecule has 0 radical (unpaired) electrons. The Balaban J connectivity index is 1.70. The van der Waals surface area contributed by atoms with E-state index in [-0.39, 0.29) is 24.5 Å². The smallest absolute Gasteiger partial charge is 0.331 e. The van der Waals surface area contributed by atoms with Crippen LogP contribution in [0, 0.1) is 5.41 Å². The van der Waals surface area contributed by atoms with Gasteiger partial charge < -0.3 is 14.6 Å². The highest BCUT2D eigenvalue weighted by atomic mass is 35.5. The minimum Gasteiger partial charge on any atom is -0.488 e. The molecule has 2 aliphatic carbocycles. The standard InChI is InChI=1S/C22H24Cl2O5/c1-2-8-22-9-4-3-5-15(22)19-14(13-22)12-16(20(23)21(19)24)28-10-11-29-18(27)7-6-17(25)26/h3,5-7,12,15H,2,4,8-11,13H2,1H3,(H,25,26). The lowest BCUT2D eigenvalue weighted by molar-refractivity contribution is -0.139. The quantitative estimate of drug-likeness (QED) is 0.257. The number of halogens is 2. The van der Waals surface area contributed by atoms with Gasteiger partial charge in [-0.15, -0.1) is 0 Å². The van der Waals surface area contributed by atoms with Crippen molar-refractivity contribution < 1.29 is 24.2 Å². The van der Waals surface area contributed by atoms with Crippen molar-refractivity contribution >= 4 is 35.1 Å². The maximum atomic E-state index is 11.4. The molecular formula is C22H24Cl2O5. The Morgan fingerprint density at radius 2 is 2.07 bits per heavy atom. The number of fused-ring (bicyclic) bond motifs is 3. The number of carboxylic acids is 1. The predicted molar refractivity (Wildman–Crippen MR) is 112 cm³/mol. The first-order valence-electron chi connectivity index (χ1n) is 9.76. The first kappa shape index (κ1) is 21.7. The summed E-state index contributed by atoms with van der Waals surface area (Å²) in [4.78, 5) is 21.8. The van der Waals surface area contributed by atoms with Gasteiger partial charge in [0.25, 0.3) is 0 Å². The third kappa shape index (κ3) is 4.62. The van der Waals surface area contributed by atoms with Crippen molar-refractivity contribution in [1.29, 1.82) is 0 Å². The molecule has 0 saturated heterocycles. The van der Waals surface area contributed by atoms with Crippen LogP contribution in [0.25, 0.3) is 0 Å². The van der Waals surface area contributed by atoms with Gasteiger partial charge in [-0.3, -0.25) is 0 Å². The van der Waals surface area contributed by atoms with E-state index in [1.54, 1.807) is 0 Å². The van der Waals surface area contributed by atoms with E-state index in [9.17, 15) is 9.59 Å². The highest BCUT2D eigenvalue weighted by Crippen LogP contribution is 2.59. The lowest BCUT2D eigenvalue weighted by atomic mass is 9.67. The largest absolute Gasteiger partial charge is 0.488 e. The Hall–Kier alpha value is -1.98. The molecule has 2 unspecified atom stereocenters. The molecule has 1 aromatic rings. The molecule has 0 bridgehead atoms. The minimum absolute atomic E-state index is 0.0288. The molecular weight excluding hydrogens is 415 g/mol. The Bertz CT molecular complexity index is 861. The van der Waals surface area contributed by atoms with Crippen molar-refractivity contribution in [2.24, 2.45) is 5.41 Å². The van der Waals surface area contributed by atoms with Crippen molar-refractivity contribution in [3.63, 3.8) is 0 Å². The maximum absolute atomic E-state index is 11.4. The van der Waals surface area contributed by atoms with E-state index in [1.165, 1.54) is 5.56 Å². The minimum atomic E-state index is -1.21. The Morgan fingerprint density at radius 1 is 1.28 bits per heavy atom. The highest BCUT2D eigenvalue weighted by molar-refractivity contribution is 6.43. The molecule has 0 saturated carbocycles. The van der Waals surface area contributed by atoms with Gasteiger partial charge in [-0.05, 0) is 48.3 Å². The number of carboxylic acid groups (broad SMARTS) is 1. The molecule has 1 N–H and O–H groups in total. The molecule has 2 aliphatic rings. The summed E-state index contributed by atoms with van der Waals surface area (Å²) in [5.41, 5.74) is 2.48. The number of hydrogen-bond donors (Lipinski definition) is 1. The van der Waals surface area contributed by atoms with Crippen molar-refractivity contribution in [3.8, 4) is 5.75 Å². The SMILES string of the molecule is CCCC12CCC=CC1c1c(cc(OCCOC(=O)C=CC(=O)O)c(Cl)c1Cl)C2. The van der Waals surface area contributed by atoms with E-state index < -0.39 is 11.9 Å². The lowest BCUT2D eigenvalue weighted by Crippen LogP contribution is -2.27. The average Bonchev–Trinajstić information content (AvgIpc) is 3.01. The summed E-state index contributed by atoms with van der Waals surface area (Å²) in [6.07, 6.45) is 11.5. The van der Waals surface area contributed by atoms with Gasteiger partial charge in [0, 0.05) is 18.1 Å². The maximum Gasteiger partial charge on any atom is 0.331 e. The first-order valence-corrected chi connectivity index (χ1v) is 10.5. The van der Waals surface area contributed by atoms with Gasteiger partial charge in [0.05, 0.1) is 5.02 Å². The van der Waals surface area contributed by atoms with Crippen molar-refractivity contribution in [2.45, 2.75) is 44.9 Å². The van der Waals surface area contributed by atoms with Crippen LogP contribution in [0.1, 0.15) is 49.7 Å². The van der Waals surface area contributed by atoms with Gasteiger partial charge in [0.1, 0.15) is 24.0 Å². The number of esters is 1. The summed E-state index contributed by atoms with van der Waals surface area (Å²) in [6, 6.07) is 1.96. The van der Waals surface area contributed by atoms with Crippen LogP contribution < -0.4 is 4.74 Å². The van der Waals surface area contributed by atoms with E-state index in [2.05, 4.69) is 19.1 Å². The summed E-state index contributed by atoms with van der Waals surface area (Å²) < 4.78 is 10.6. The molecule has 2 atom stereocenters. The van der Waals surface area contributed by atoms with Crippen LogP contribution in [-0.2, 0) is 20.7 Å². The first-order chi connectivity index (χ1) is 13.9. The van der Waals surface area contributed by atoms with Gasteiger partial charge in [0.2, 0.25) is 0 Å². The zero-order valence-electron chi connectivity index (χ0n) is 16.2. The van der Waals surface area contributed by atoms with Crippen LogP contribution in [0.5, 0.6) is 5.75 Å². The van der Waals surface area contributed by atoms with Crippen LogP contribution in [-0.4, -0.2) is 30.3 Å². The molecule has 3 rings (SSSR count). The summed E-state index contributed by atoms with van der Waals surface area (Å²) in [7, 11) is 0. The highest BCUT2D eigenvalue weighted by Gasteiger charge is 2.46. The van der Waals surface area contributed by atoms with Crippen LogP contribution in [0.3, 0.4) is 0 Å². The molecule has 156 valence electrons. The topological polar surface area (TPSA) is 72.8 Å². The Labute approximate surface area is 180 Å². The molecule has 0 amide bonds. The molecule has 0 aliphatic heterocycles. The van der Waals surface area contributed by atoms with Crippen molar-refractivity contribution in [3.05, 3.63) is 51.5 Å². The van der Waals surface area contributed by atoms with Gasteiger partial charge in [-0.1, -0.05) is 48.7 Å². The van der Waals surface area contributed by atoms with Gasteiger partial charge in [0.15, 0.2) is 0 Å². The fourth-order valence-corrected chi connectivity index (χ4v) is 5.09. The second kappa shape index (κ2) is 9.23. The Morgan fingerprint density at radius 3 is 2.79 bits per heavy atom. The number of carbonyl (C=O) groups is 2. The Kier molecular flexibility index (Phi) is 6.91. The molecule has 0 fully saturated rings. The monoisotopic (exact) mass is 438 g/mol. The van der Waals surface area contributed by atoms with Gasteiger partial charge in [-0.25, -0.2) is 9.59 Å². The molecule has 1 aromatic carbocycles. The normalized spacial score (nSPS) is 22.4. The third-order valence-electron chi connectivity index (χ3n) is 5.64. The van der Waals surface area contributed by atoms with E-state index >= 15 is 0 Å². The molecule has 0 spiro atoms. The van der Waals surface area contributed by atoms with Crippen molar-refractivity contribution in [1.82, 2.24) is 0 Å². The van der Waals surface area contributed by atoms with Crippen LogP contribution in [0.15, 0.2) is 30.4 Å². The second-order valence-corrected chi connectivity index (χ2v) is 8.25. The summed E-state index contributed by atoms with van der Waals surface area (Å²) in [6.45, 7) is 2.27. The zero-order valence-corrected chi connectivity index (χ0v) is 17.8. The molecule has 7 heteroatoms. The number of rotatable bonds is 8. The third-order valence-corrected chi connectivity index (χ3v) is 6.51. The van der Waals surface area contributed by atoms with Gasteiger partial charge in [-0.2, -0.15) is 0 Å². The zero-order chi connectivity index (χ0) is 21.0. The van der Waals surface area contributed by atoms with E-state index in [0.717, 1.165) is 49.8 Å². The molecule has 0 heterocycles. The second-order valence-electron chi connectivity index (χ2n) is 7.50. The average molecular weight is 439 g/mol. The fourth-order valence-electron chi connectivity index (χ4n) is 4.55. The number of allylic oxidation sites excluding steroid dienone is 2. The molecule has 29 heavy (non-hydrogen) atoms. The van der Waals surface area contributed by atoms with Crippen LogP contribution in [0.2, 0.25) is 10.0 Å². The lowest BCUT2D eigenvalue weighted by Gasteiger charge is -2.37. The number of carbonyl (C=O) groups excluding carboxylic acids is 1. The molecule has 5 nitrogen and oxygen atoms in total. The predicted octanol–water partition coefficient (Wildman–Crippen LogP) is 5.33. The van der Waals surface area contributed by atoms with E-state index in [1.807, 2.05) is 6.07 Å². The summed E-state index contributed by atoms with van der Waals surface area (Å²) in [5.74, 6) is -1.20. The molecule has 0 aromatic heterocycles. The van der Waals surface area contributed by atoms with Crippen molar-refractivity contribution in [2.75, 3.05) is 13.2 Å². The van der Waals surface area contributed by atoms with Crippen LogP contribution in [0.4, 0.5) is 0 Å². The summed E-state index contributed by atoms with van der Waals surface area (Å²) in [5, 5.41) is 9.40. The van der Waals surface area contributed by atoms with E-state index in [0.29, 0.717) is 15.8 Å². The van der Waals surface area contributed by atoms with Crippen LogP contribution >= 0.6 is 23.2 Å².